The minimum Gasteiger partial charge on any atom is -0.464 e. The molecule has 1 heterocycles. The normalized spacial score (nSPS) is 10.0. The second-order valence-corrected chi connectivity index (χ2v) is 4.88. The van der Waals surface area contributed by atoms with Crippen molar-refractivity contribution in [1.82, 2.24) is 4.98 Å². The molecular formula is C13H11IN2O3. The van der Waals surface area contributed by atoms with E-state index >= 15 is 0 Å². The van der Waals surface area contributed by atoms with Crippen LogP contribution in [0.25, 0.3) is 0 Å². The summed E-state index contributed by atoms with van der Waals surface area (Å²) in [5.41, 5.74) is 6.27. The van der Waals surface area contributed by atoms with E-state index in [2.05, 4.69) is 32.3 Å². The molecule has 1 aromatic carbocycles. The van der Waals surface area contributed by atoms with Crippen molar-refractivity contribution < 1.29 is 14.3 Å². The number of pyridine rings is 1. The summed E-state index contributed by atoms with van der Waals surface area (Å²) in [6.07, 6.45) is 0. The number of carbonyl (C=O) groups excluding carboxylic acids is 1. The second-order valence-electron chi connectivity index (χ2n) is 3.64. The molecule has 0 amide bonds. The minimum absolute atomic E-state index is 0.150. The van der Waals surface area contributed by atoms with Gasteiger partial charge in [0.25, 0.3) is 0 Å². The van der Waals surface area contributed by atoms with Crippen LogP contribution in [0.3, 0.4) is 0 Å². The molecule has 0 aliphatic rings. The monoisotopic (exact) mass is 370 g/mol. The lowest BCUT2D eigenvalue weighted by molar-refractivity contribution is 0.0593. The first-order valence-electron chi connectivity index (χ1n) is 5.38. The summed E-state index contributed by atoms with van der Waals surface area (Å²) >= 11 is 2.20. The van der Waals surface area contributed by atoms with Crippen LogP contribution in [0.1, 0.15) is 10.5 Å². The molecule has 19 heavy (non-hydrogen) atoms. The van der Waals surface area contributed by atoms with E-state index in [-0.39, 0.29) is 11.6 Å². The Morgan fingerprint density at radius 2 is 1.89 bits per heavy atom. The lowest BCUT2D eigenvalue weighted by Gasteiger charge is -2.08. The number of benzene rings is 1. The van der Waals surface area contributed by atoms with E-state index in [1.165, 1.54) is 13.2 Å². The molecule has 6 heteroatoms. The Labute approximate surface area is 123 Å². The van der Waals surface area contributed by atoms with E-state index in [1.807, 2.05) is 12.1 Å². The van der Waals surface area contributed by atoms with Crippen molar-refractivity contribution in [3.05, 3.63) is 45.7 Å². The van der Waals surface area contributed by atoms with Crippen LogP contribution >= 0.6 is 22.6 Å². The third-order valence-electron chi connectivity index (χ3n) is 2.31. The highest BCUT2D eigenvalue weighted by Crippen LogP contribution is 2.26. The first kappa shape index (κ1) is 13.6. The van der Waals surface area contributed by atoms with E-state index in [4.69, 9.17) is 10.5 Å². The molecule has 2 aromatic rings. The quantitative estimate of drug-likeness (QED) is 0.665. The molecule has 2 N–H and O–H groups in total. The fourth-order valence-electron chi connectivity index (χ4n) is 1.37. The molecule has 0 aliphatic carbocycles. The van der Waals surface area contributed by atoms with Crippen LogP contribution in [0.2, 0.25) is 0 Å². The van der Waals surface area contributed by atoms with Crippen molar-refractivity contribution in [2.45, 2.75) is 0 Å². The summed E-state index contributed by atoms with van der Waals surface area (Å²) in [5, 5.41) is 0. The number of ether oxygens (including phenoxy) is 2. The zero-order chi connectivity index (χ0) is 13.8. The number of esters is 1. The Morgan fingerprint density at radius 3 is 2.53 bits per heavy atom. The zero-order valence-electron chi connectivity index (χ0n) is 10.1. The van der Waals surface area contributed by atoms with Gasteiger partial charge in [-0.25, -0.2) is 9.78 Å². The van der Waals surface area contributed by atoms with Crippen LogP contribution in [0.15, 0.2) is 36.4 Å². The number of halogens is 1. The first-order valence-corrected chi connectivity index (χ1v) is 6.46. The van der Waals surface area contributed by atoms with Crippen LogP contribution in [-0.2, 0) is 4.74 Å². The molecule has 0 aliphatic heterocycles. The van der Waals surface area contributed by atoms with E-state index in [0.717, 1.165) is 3.57 Å². The van der Waals surface area contributed by atoms with Crippen LogP contribution in [0.4, 0.5) is 5.69 Å². The minimum atomic E-state index is -0.535. The number of nitrogen functional groups attached to an aromatic ring is 1. The molecule has 98 valence electrons. The smallest absolute Gasteiger partial charge is 0.356 e. The van der Waals surface area contributed by atoms with Gasteiger partial charge < -0.3 is 15.2 Å². The maximum absolute atomic E-state index is 11.4. The van der Waals surface area contributed by atoms with Crippen molar-refractivity contribution in [2.24, 2.45) is 0 Å². The van der Waals surface area contributed by atoms with Gasteiger partial charge in [0.15, 0.2) is 5.69 Å². The summed E-state index contributed by atoms with van der Waals surface area (Å²) in [5.74, 6) is 0.248. The van der Waals surface area contributed by atoms with E-state index in [1.54, 1.807) is 18.2 Å². The van der Waals surface area contributed by atoms with Gasteiger partial charge in [0.05, 0.1) is 12.8 Å². The highest BCUT2D eigenvalue weighted by Gasteiger charge is 2.11. The third kappa shape index (κ3) is 3.34. The van der Waals surface area contributed by atoms with Crippen LogP contribution in [-0.4, -0.2) is 18.1 Å². The molecule has 0 saturated heterocycles. The number of hydrogen-bond acceptors (Lipinski definition) is 5. The molecule has 0 spiro atoms. The van der Waals surface area contributed by atoms with Gasteiger partial charge in [0.2, 0.25) is 5.88 Å². The van der Waals surface area contributed by atoms with E-state index in [9.17, 15) is 4.79 Å². The van der Waals surface area contributed by atoms with Crippen molar-refractivity contribution in [3.63, 3.8) is 0 Å². The van der Waals surface area contributed by atoms with Gasteiger partial charge in [-0.05, 0) is 59.0 Å². The van der Waals surface area contributed by atoms with Gasteiger partial charge in [-0.1, -0.05) is 0 Å². The molecule has 0 radical (unpaired) electrons. The number of anilines is 1. The van der Waals surface area contributed by atoms with Crippen molar-refractivity contribution in [2.75, 3.05) is 12.8 Å². The first-order chi connectivity index (χ1) is 9.10. The number of nitrogens with two attached hydrogens (primary N) is 1. The van der Waals surface area contributed by atoms with Crippen molar-refractivity contribution in [3.8, 4) is 11.6 Å². The molecule has 0 atom stereocenters. The largest absolute Gasteiger partial charge is 0.464 e. The summed E-state index contributed by atoms with van der Waals surface area (Å²) < 4.78 is 11.2. The maximum Gasteiger partial charge on any atom is 0.356 e. The average molecular weight is 370 g/mol. The standard InChI is InChI=1S/C13H11IN2O3/c1-18-13(17)11-7-6-10(15)12(16-11)19-9-4-2-8(14)3-5-9/h2-7H,15H2,1H3. The molecule has 0 bridgehead atoms. The number of hydrogen-bond donors (Lipinski definition) is 1. The summed E-state index contributed by atoms with van der Waals surface area (Å²) in [7, 11) is 1.29. The molecule has 0 saturated carbocycles. The van der Waals surface area contributed by atoms with Crippen molar-refractivity contribution >= 4 is 34.2 Å². The average Bonchev–Trinajstić information content (AvgIpc) is 2.43. The molecule has 0 unspecified atom stereocenters. The Kier molecular flexibility index (Phi) is 4.20. The Hall–Kier alpha value is -1.83. The zero-order valence-corrected chi connectivity index (χ0v) is 12.2. The number of carbonyl (C=O) groups is 1. The number of nitrogens with zero attached hydrogens (tertiary/aromatic N) is 1. The fourth-order valence-corrected chi connectivity index (χ4v) is 1.73. The second kappa shape index (κ2) is 5.87. The fraction of sp³-hybridized carbons (Fsp3) is 0.0769. The van der Waals surface area contributed by atoms with Gasteiger partial charge in [0.1, 0.15) is 5.75 Å². The predicted octanol–water partition coefficient (Wildman–Crippen LogP) is 2.85. The highest BCUT2D eigenvalue weighted by molar-refractivity contribution is 14.1. The lowest BCUT2D eigenvalue weighted by atomic mass is 10.3. The third-order valence-corrected chi connectivity index (χ3v) is 3.03. The van der Waals surface area contributed by atoms with Gasteiger partial charge >= 0.3 is 5.97 Å². The molecular weight excluding hydrogens is 359 g/mol. The summed E-state index contributed by atoms with van der Waals surface area (Å²) in [6, 6.07) is 10.4. The van der Waals surface area contributed by atoms with Crippen LogP contribution in [0, 0.1) is 3.57 Å². The Balaban J connectivity index is 2.28. The summed E-state index contributed by atoms with van der Waals surface area (Å²) in [4.78, 5) is 15.4. The highest BCUT2D eigenvalue weighted by atomic mass is 127. The van der Waals surface area contributed by atoms with Gasteiger partial charge in [-0.15, -0.1) is 0 Å². The lowest BCUT2D eigenvalue weighted by Crippen LogP contribution is -2.06. The molecule has 2 rings (SSSR count). The number of rotatable bonds is 3. The van der Waals surface area contributed by atoms with E-state index < -0.39 is 5.97 Å². The Bertz CT molecular complexity index is 599. The van der Waals surface area contributed by atoms with E-state index in [0.29, 0.717) is 11.4 Å². The molecule has 1 aromatic heterocycles. The summed E-state index contributed by atoms with van der Waals surface area (Å²) in [6.45, 7) is 0. The Morgan fingerprint density at radius 1 is 1.21 bits per heavy atom. The number of methoxy groups -OCH3 is 1. The van der Waals surface area contributed by atoms with Gasteiger partial charge in [0, 0.05) is 3.57 Å². The predicted molar refractivity (Wildman–Crippen MR) is 79.2 cm³/mol. The molecule has 5 nitrogen and oxygen atoms in total. The maximum atomic E-state index is 11.4. The van der Waals surface area contributed by atoms with Gasteiger partial charge in [-0.3, -0.25) is 0 Å². The SMILES string of the molecule is COC(=O)c1ccc(N)c(Oc2ccc(I)cc2)n1. The molecule has 0 fully saturated rings. The van der Waals surface area contributed by atoms with Crippen molar-refractivity contribution in [1.29, 1.82) is 0 Å². The van der Waals surface area contributed by atoms with Crippen LogP contribution < -0.4 is 10.5 Å². The van der Waals surface area contributed by atoms with Gasteiger partial charge in [-0.2, -0.15) is 0 Å². The van der Waals surface area contributed by atoms with Crippen LogP contribution in [0.5, 0.6) is 11.6 Å². The number of aromatic nitrogens is 1. The topological polar surface area (TPSA) is 74.4 Å².